The van der Waals surface area contributed by atoms with E-state index < -0.39 is 0 Å². The first-order valence-corrected chi connectivity index (χ1v) is 7.18. The number of nitrogens with one attached hydrogen (secondary N) is 1. The molecule has 2 heterocycles. The second-order valence-corrected chi connectivity index (χ2v) is 5.96. The number of nitrogens with zero attached hydrogens (tertiary/aromatic N) is 2. The summed E-state index contributed by atoms with van der Waals surface area (Å²) in [5.74, 6) is 1.30. The quantitative estimate of drug-likeness (QED) is 0.928. The smallest absolute Gasteiger partial charge is 0.225 e. The monoisotopic (exact) mass is 309 g/mol. The van der Waals surface area contributed by atoms with E-state index in [1.165, 1.54) is 0 Å². The average molecular weight is 310 g/mol. The Morgan fingerprint density at radius 2 is 2.22 bits per heavy atom. The summed E-state index contributed by atoms with van der Waals surface area (Å²) >= 11 is 3.38. The van der Waals surface area contributed by atoms with Gasteiger partial charge in [0.2, 0.25) is 5.91 Å². The van der Waals surface area contributed by atoms with Gasteiger partial charge >= 0.3 is 0 Å². The van der Waals surface area contributed by atoms with Crippen LogP contribution < -0.4 is 10.2 Å². The first-order valence-electron chi connectivity index (χ1n) is 6.39. The van der Waals surface area contributed by atoms with Crippen LogP contribution in [0.3, 0.4) is 0 Å². The predicted molar refractivity (Wildman–Crippen MR) is 73.4 cm³/mol. The van der Waals surface area contributed by atoms with Crippen molar-refractivity contribution in [1.29, 1.82) is 0 Å². The van der Waals surface area contributed by atoms with Crippen molar-refractivity contribution >= 4 is 27.7 Å². The van der Waals surface area contributed by atoms with E-state index in [1.54, 1.807) is 6.20 Å². The van der Waals surface area contributed by atoms with E-state index in [9.17, 15) is 4.79 Å². The second-order valence-electron chi connectivity index (χ2n) is 5.05. The molecule has 1 saturated heterocycles. The number of hydrogen-bond acceptors (Lipinski definition) is 3. The molecule has 1 saturated carbocycles. The van der Waals surface area contributed by atoms with Gasteiger partial charge in [-0.15, -0.1) is 0 Å². The fourth-order valence-corrected chi connectivity index (χ4v) is 2.52. The zero-order chi connectivity index (χ0) is 12.5. The molecular formula is C13H16BrN3O. The largest absolute Gasteiger partial charge is 0.356 e. The molecule has 96 valence electrons. The highest BCUT2D eigenvalue weighted by Gasteiger charge is 2.32. The van der Waals surface area contributed by atoms with Gasteiger partial charge in [-0.1, -0.05) is 0 Å². The second kappa shape index (κ2) is 4.88. The topological polar surface area (TPSA) is 45.2 Å². The lowest BCUT2D eigenvalue weighted by Crippen LogP contribution is -2.34. The van der Waals surface area contributed by atoms with E-state index in [1.807, 2.05) is 12.1 Å². The molecule has 0 bridgehead atoms. The Morgan fingerprint density at radius 3 is 2.89 bits per heavy atom. The molecule has 1 unspecified atom stereocenters. The van der Waals surface area contributed by atoms with E-state index >= 15 is 0 Å². The summed E-state index contributed by atoms with van der Waals surface area (Å²) in [6.45, 7) is 1.70. The molecule has 2 fully saturated rings. The fourth-order valence-electron chi connectivity index (χ4n) is 2.28. The Morgan fingerprint density at radius 1 is 1.39 bits per heavy atom. The van der Waals surface area contributed by atoms with Gasteiger partial charge < -0.3 is 10.2 Å². The Hall–Kier alpha value is -1.10. The number of aromatic nitrogens is 1. The number of carbonyl (C=O) groups excluding carboxylic acids is 1. The lowest BCUT2D eigenvalue weighted by atomic mass is 10.1. The van der Waals surface area contributed by atoms with Crippen LogP contribution in [-0.4, -0.2) is 30.0 Å². The van der Waals surface area contributed by atoms with Crippen LogP contribution in [0.1, 0.15) is 19.3 Å². The molecule has 2 aliphatic rings. The number of hydrogen-bond donors (Lipinski definition) is 1. The minimum atomic E-state index is 0.121. The van der Waals surface area contributed by atoms with Gasteiger partial charge in [-0.05, 0) is 47.3 Å². The van der Waals surface area contributed by atoms with E-state index in [4.69, 9.17) is 0 Å². The normalized spacial score (nSPS) is 23.2. The summed E-state index contributed by atoms with van der Waals surface area (Å²) < 4.78 is 0.980. The molecule has 1 aliphatic heterocycles. The molecule has 1 aromatic heterocycles. The highest BCUT2D eigenvalue weighted by Crippen LogP contribution is 2.25. The van der Waals surface area contributed by atoms with Crippen molar-refractivity contribution in [2.45, 2.75) is 25.3 Å². The standard InChI is InChI=1S/C13H16BrN3O/c14-10-1-4-12(15-7-10)17-6-5-9(8-17)13(18)16-11-2-3-11/h1,4,7,9,11H,2-3,5-6,8H2,(H,16,18). The Kier molecular flexibility index (Phi) is 3.24. The molecule has 5 heteroatoms. The molecule has 1 aliphatic carbocycles. The van der Waals surface area contributed by atoms with E-state index in [0.717, 1.165) is 42.6 Å². The Balaban J connectivity index is 1.60. The Labute approximate surface area is 115 Å². The SMILES string of the molecule is O=C(NC1CC1)C1CCN(c2ccc(Br)cn2)C1. The van der Waals surface area contributed by atoms with Crippen molar-refractivity contribution in [1.82, 2.24) is 10.3 Å². The Bertz CT molecular complexity index is 444. The molecule has 18 heavy (non-hydrogen) atoms. The number of carbonyl (C=O) groups is 1. The fraction of sp³-hybridized carbons (Fsp3) is 0.538. The summed E-state index contributed by atoms with van der Waals surface area (Å²) in [6, 6.07) is 4.43. The van der Waals surface area contributed by atoms with Gasteiger partial charge in [0.25, 0.3) is 0 Å². The predicted octanol–water partition coefficient (Wildman–Crippen LogP) is 1.95. The van der Waals surface area contributed by atoms with Crippen molar-refractivity contribution in [2.75, 3.05) is 18.0 Å². The van der Waals surface area contributed by atoms with Gasteiger partial charge in [0.05, 0.1) is 5.92 Å². The summed E-state index contributed by atoms with van der Waals surface area (Å²) in [6.07, 6.45) is 5.02. The van der Waals surface area contributed by atoms with Crippen molar-refractivity contribution in [2.24, 2.45) is 5.92 Å². The molecular weight excluding hydrogens is 294 g/mol. The first kappa shape index (κ1) is 12.0. The third-order valence-corrected chi connectivity index (χ3v) is 3.99. The van der Waals surface area contributed by atoms with E-state index in [2.05, 4.69) is 31.1 Å². The van der Waals surface area contributed by atoms with Crippen molar-refractivity contribution in [3.63, 3.8) is 0 Å². The minimum Gasteiger partial charge on any atom is -0.356 e. The van der Waals surface area contributed by atoms with Crippen molar-refractivity contribution < 1.29 is 4.79 Å². The highest BCUT2D eigenvalue weighted by atomic mass is 79.9. The summed E-state index contributed by atoms with van der Waals surface area (Å²) in [5, 5.41) is 3.08. The number of halogens is 1. The number of pyridine rings is 1. The van der Waals surface area contributed by atoms with Gasteiger partial charge in [-0.3, -0.25) is 4.79 Å². The van der Waals surface area contributed by atoms with Crippen LogP contribution in [-0.2, 0) is 4.79 Å². The van der Waals surface area contributed by atoms with Crippen LogP contribution in [0.15, 0.2) is 22.8 Å². The summed E-state index contributed by atoms with van der Waals surface area (Å²) in [7, 11) is 0. The minimum absolute atomic E-state index is 0.121. The molecule has 4 nitrogen and oxygen atoms in total. The number of rotatable bonds is 3. The van der Waals surface area contributed by atoms with Crippen LogP contribution in [0, 0.1) is 5.92 Å². The number of amides is 1. The van der Waals surface area contributed by atoms with Crippen LogP contribution in [0.25, 0.3) is 0 Å². The van der Waals surface area contributed by atoms with Gasteiger partial charge in [-0.2, -0.15) is 0 Å². The molecule has 0 radical (unpaired) electrons. The molecule has 3 rings (SSSR count). The lowest BCUT2D eigenvalue weighted by Gasteiger charge is -2.17. The molecule has 1 N–H and O–H groups in total. The average Bonchev–Trinajstić information content (AvgIpc) is 3.04. The number of anilines is 1. The highest BCUT2D eigenvalue weighted by molar-refractivity contribution is 9.10. The maximum absolute atomic E-state index is 12.0. The molecule has 1 atom stereocenters. The maximum atomic E-state index is 12.0. The zero-order valence-electron chi connectivity index (χ0n) is 10.1. The van der Waals surface area contributed by atoms with Gasteiger partial charge in [0, 0.05) is 29.8 Å². The van der Waals surface area contributed by atoms with Crippen molar-refractivity contribution in [3.8, 4) is 0 Å². The van der Waals surface area contributed by atoms with Crippen LogP contribution in [0.4, 0.5) is 5.82 Å². The van der Waals surface area contributed by atoms with Gasteiger partial charge in [0.1, 0.15) is 5.82 Å². The third kappa shape index (κ3) is 2.66. The van der Waals surface area contributed by atoms with Gasteiger partial charge in [0.15, 0.2) is 0 Å². The first-order chi connectivity index (χ1) is 8.72. The van der Waals surface area contributed by atoms with Crippen LogP contribution >= 0.6 is 15.9 Å². The molecule has 0 aromatic carbocycles. The van der Waals surface area contributed by atoms with Crippen LogP contribution in [0.5, 0.6) is 0 Å². The van der Waals surface area contributed by atoms with E-state index in [0.29, 0.717) is 6.04 Å². The van der Waals surface area contributed by atoms with Gasteiger partial charge in [-0.25, -0.2) is 4.98 Å². The lowest BCUT2D eigenvalue weighted by molar-refractivity contribution is -0.124. The van der Waals surface area contributed by atoms with Crippen LogP contribution in [0.2, 0.25) is 0 Å². The zero-order valence-corrected chi connectivity index (χ0v) is 11.7. The molecule has 1 aromatic rings. The van der Waals surface area contributed by atoms with Crippen molar-refractivity contribution in [3.05, 3.63) is 22.8 Å². The maximum Gasteiger partial charge on any atom is 0.225 e. The molecule has 1 amide bonds. The van der Waals surface area contributed by atoms with E-state index in [-0.39, 0.29) is 11.8 Å². The summed E-state index contributed by atoms with van der Waals surface area (Å²) in [4.78, 5) is 18.5. The summed E-state index contributed by atoms with van der Waals surface area (Å²) in [5.41, 5.74) is 0. The third-order valence-electron chi connectivity index (χ3n) is 3.52. The molecule has 0 spiro atoms.